The molecule has 0 unspecified atom stereocenters. The minimum Gasteiger partial charge on any atom is -0.481 e. The molecule has 3 aliphatic heterocycles. The number of benzene rings is 1. The largest absolute Gasteiger partial charge is 0.481 e. The molecule has 2 bridgehead atoms. The van der Waals surface area contributed by atoms with Crippen LogP contribution in [-0.2, 0) is 14.3 Å². The summed E-state index contributed by atoms with van der Waals surface area (Å²) >= 11 is 0. The first-order chi connectivity index (χ1) is 11.9. The molecule has 130 valence electrons. The number of fused-ring (bicyclic) bond motifs is 1. The van der Waals surface area contributed by atoms with E-state index in [2.05, 4.69) is 6.58 Å². The van der Waals surface area contributed by atoms with E-state index in [-0.39, 0.29) is 11.9 Å². The van der Waals surface area contributed by atoms with Gasteiger partial charge in [0.25, 0.3) is 0 Å². The lowest BCUT2D eigenvalue weighted by atomic mass is 9.74. The Hall–Kier alpha value is -2.40. The van der Waals surface area contributed by atoms with Gasteiger partial charge in [0.15, 0.2) is 0 Å². The van der Waals surface area contributed by atoms with Gasteiger partial charge in [-0.15, -0.1) is 6.58 Å². The van der Waals surface area contributed by atoms with Crippen molar-refractivity contribution in [3.05, 3.63) is 54.1 Å². The van der Waals surface area contributed by atoms with Gasteiger partial charge in [-0.25, -0.2) is 0 Å². The summed E-state index contributed by atoms with van der Waals surface area (Å²) in [5, 5.41) is 9.67. The van der Waals surface area contributed by atoms with Crippen molar-refractivity contribution in [1.82, 2.24) is 0 Å². The third-order valence-corrected chi connectivity index (χ3v) is 5.62. The third-order valence-electron chi connectivity index (χ3n) is 5.62. The summed E-state index contributed by atoms with van der Waals surface area (Å²) in [4.78, 5) is 26.9. The molecule has 0 radical (unpaired) electrons. The van der Waals surface area contributed by atoms with E-state index in [1.807, 2.05) is 44.2 Å². The molecule has 2 fully saturated rings. The molecule has 0 saturated carbocycles. The van der Waals surface area contributed by atoms with Crippen LogP contribution in [0.4, 0.5) is 5.69 Å². The SMILES string of the molecule is C=C(C)C[C@H]1N(c2ccccc2C)C(=O)[C@H]2[C@H](C(=O)O)[C@@H]3C=C[C@@]21O3. The van der Waals surface area contributed by atoms with Crippen molar-refractivity contribution in [3.63, 3.8) is 0 Å². The first-order valence-electron chi connectivity index (χ1n) is 8.50. The number of anilines is 1. The average molecular weight is 339 g/mol. The lowest BCUT2D eigenvalue weighted by molar-refractivity contribution is -0.146. The zero-order valence-electron chi connectivity index (χ0n) is 14.3. The number of rotatable bonds is 4. The van der Waals surface area contributed by atoms with Crippen LogP contribution in [-0.4, -0.2) is 34.7 Å². The molecule has 1 aromatic carbocycles. The molecule has 3 aliphatic rings. The van der Waals surface area contributed by atoms with Crippen molar-refractivity contribution in [2.75, 3.05) is 4.90 Å². The first kappa shape index (κ1) is 16.1. The summed E-state index contributed by atoms with van der Waals surface area (Å²) in [6.45, 7) is 7.88. The van der Waals surface area contributed by atoms with Crippen molar-refractivity contribution >= 4 is 17.6 Å². The lowest BCUT2D eigenvalue weighted by Gasteiger charge is -2.34. The molecule has 0 aromatic heterocycles. The van der Waals surface area contributed by atoms with Crippen LogP contribution in [0.5, 0.6) is 0 Å². The quantitative estimate of drug-likeness (QED) is 0.857. The lowest BCUT2D eigenvalue weighted by Crippen LogP contribution is -2.45. The van der Waals surface area contributed by atoms with Crippen molar-refractivity contribution in [1.29, 1.82) is 0 Å². The average Bonchev–Trinajstić information content (AvgIpc) is 3.18. The molecular formula is C20H21NO4. The van der Waals surface area contributed by atoms with Crippen molar-refractivity contribution in [2.45, 2.75) is 38.0 Å². The zero-order valence-corrected chi connectivity index (χ0v) is 14.3. The molecule has 5 atom stereocenters. The minimum atomic E-state index is -0.977. The van der Waals surface area contributed by atoms with Crippen molar-refractivity contribution in [3.8, 4) is 0 Å². The Morgan fingerprint density at radius 2 is 2.12 bits per heavy atom. The van der Waals surface area contributed by atoms with Gasteiger partial charge >= 0.3 is 5.97 Å². The molecule has 1 spiro atoms. The maximum Gasteiger partial charge on any atom is 0.310 e. The number of carboxylic acid groups (broad SMARTS) is 1. The molecule has 5 heteroatoms. The second-order valence-corrected chi connectivity index (χ2v) is 7.31. The maximum absolute atomic E-state index is 13.4. The first-order valence-corrected chi connectivity index (χ1v) is 8.50. The van der Waals surface area contributed by atoms with Crippen LogP contribution in [0.2, 0.25) is 0 Å². The topological polar surface area (TPSA) is 66.8 Å². The summed E-state index contributed by atoms with van der Waals surface area (Å²) in [7, 11) is 0. The van der Waals surface area contributed by atoms with E-state index in [1.54, 1.807) is 11.0 Å². The Morgan fingerprint density at radius 1 is 1.40 bits per heavy atom. The predicted molar refractivity (Wildman–Crippen MR) is 93.2 cm³/mol. The molecule has 1 N–H and O–H groups in total. The Labute approximate surface area is 146 Å². The summed E-state index contributed by atoms with van der Waals surface area (Å²) < 4.78 is 6.14. The molecule has 25 heavy (non-hydrogen) atoms. The van der Waals surface area contributed by atoms with Gasteiger partial charge in [0.2, 0.25) is 5.91 Å². The van der Waals surface area contributed by atoms with Crippen molar-refractivity contribution in [2.24, 2.45) is 11.8 Å². The zero-order chi connectivity index (χ0) is 17.9. The van der Waals surface area contributed by atoms with E-state index in [1.165, 1.54) is 0 Å². The van der Waals surface area contributed by atoms with Crippen LogP contribution >= 0.6 is 0 Å². The normalized spacial score (nSPS) is 35.3. The fraction of sp³-hybridized carbons (Fsp3) is 0.400. The number of para-hydroxylation sites is 1. The second kappa shape index (κ2) is 5.30. The number of carboxylic acids is 1. The number of hydrogen-bond donors (Lipinski definition) is 1. The van der Waals surface area contributed by atoms with E-state index in [0.29, 0.717) is 6.42 Å². The van der Waals surface area contributed by atoms with Gasteiger partial charge in [0, 0.05) is 5.69 Å². The standard InChI is InChI=1S/C20H21NO4/c1-11(2)10-15-20-9-8-14(25-20)16(19(23)24)17(20)18(22)21(15)13-7-5-4-6-12(13)3/h4-9,14-17H,1,10H2,2-3H3,(H,23,24)/t14-,15+,16+,17+,20-/m0/s1. The Bertz CT molecular complexity index is 814. The monoisotopic (exact) mass is 339 g/mol. The van der Waals surface area contributed by atoms with Gasteiger partial charge in [-0.05, 0) is 31.9 Å². The molecule has 3 heterocycles. The summed E-state index contributed by atoms with van der Waals surface area (Å²) in [6.07, 6.45) is 3.75. The van der Waals surface area contributed by atoms with Crippen LogP contribution in [0.15, 0.2) is 48.6 Å². The number of amides is 1. The molecule has 2 saturated heterocycles. The number of ether oxygens (including phenoxy) is 1. The van der Waals surface area contributed by atoms with Crippen LogP contribution in [0.25, 0.3) is 0 Å². The number of hydrogen-bond acceptors (Lipinski definition) is 3. The smallest absolute Gasteiger partial charge is 0.310 e. The number of aryl methyl sites for hydroxylation is 1. The van der Waals surface area contributed by atoms with Gasteiger partial charge in [-0.1, -0.05) is 35.9 Å². The van der Waals surface area contributed by atoms with Crippen LogP contribution < -0.4 is 4.90 Å². The highest BCUT2D eigenvalue weighted by Crippen LogP contribution is 2.57. The number of nitrogens with zero attached hydrogens (tertiary/aromatic N) is 1. The molecule has 4 rings (SSSR count). The van der Waals surface area contributed by atoms with Gasteiger partial charge in [-0.3, -0.25) is 9.59 Å². The maximum atomic E-state index is 13.4. The highest BCUT2D eigenvalue weighted by molar-refractivity contribution is 6.03. The Morgan fingerprint density at radius 3 is 2.76 bits per heavy atom. The van der Waals surface area contributed by atoms with Crippen LogP contribution in [0.3, 0.4) is 0 Å². The number of carbonyl (C=O) groups is 2. The third kappa shape index (κ3) is 2.05. The molecule has 5 nitrogen and oxygen atoms in total. The Kier molecular flexibility index (Phi) is 3.41. The van der Waals surface area contributed by atoms with Gasteiger partial charge in [0.1, 0.15) is 11.5 Å². The van der Waals surface area contributed by atoms with Crippen molar-refractivity contribution < 1.29 is 19.4 Å². The van der Waals surface area contributed by atoms with Crippen LogP contribution in [0.1, 0.15) is 18.9 Å². The highest BCUT2D eigenvalue weighted by atomic mass is 16.5. The van der Waals surface area contributed by atoms with Gasteiger partial charge in [0.05, 0.1) is 18.1 Å². The van der Waals surface area contributed by atoms with Gasteiger partial charge < -0.3 is 14.7 Å². The molecule has 1 aromatic rings. The predicted octanol–water partition coefficient (Wildman–Crippen LogP) is 2.70. The molecular weight excluding hydrogens is 318 g/mol. The number of aliphatic carboxylic acids is 1. The minimum absolute atomic E-state index is 0.167. The summed E-state index contributed by atoms with van der Waals surface area (Å²) in [5.74, 6) is -2.67. The fourth-order valence-corrected chi connectivity index (χ4v) is 4.63. The molecule has 0 aliphatic carbocycles. The highest BCUT2D eigenvalue weighted by Gasteiger charge is 2.71. The molecule has 1 amide bonds. The fourth-order valence-electron chi connectivity index (χ4n) is 4.63. The van der Waals surface area contributed by atoms with E-state index < -0.39 is 29.5 Å². The Balaban J connectivity index is 1.87. The number of carbonyl (C=O) groups excluding carboxylic acids is 1. The summed E-state index contributed by atoms with van der Waals surface area (Å²) in [5.41, 5.74) is 1.84. The summed E-state index contributed by atoms with van der Waals surface area (Å²) in [6, 6.07) is 7.39. The van der Waals surface area contributed by atoms with Crippen LogP contribution in [0, 0.1) is 18.8 Å². The van der Waals surface area contributed by atoms with Gasteiger partial charge in [-0.2, -0.15) is 0 Å². The second-order valence-electron chi connectivity index (χ2n) is 7.31. The van der Waals surface area contributed by atoms with E-state index in [4.69, 9.17) is 4.74 Å². The van der Waals surface area contributed by atoms with E-state index in [9.17, 15) is 14.7 Å². The van der Waals surface area contributed by atoms with E-state index in [0.717, 1.165) is 16.8 Å². The van der Waals surface area contributed by atoms with E-state index >= 15 is 0 Å².